The first kappa shape index (κ1) is 42.5. The summed E-state index contributed by atoms with van der Waals surface area (Å²) in [6.45, 7) is 3.56. The lowest BCUT2D eigenvalue weighted by atomic mass is 9.79. The molecule has 4 aromatic carbocycles. The first-order chi connectivity index (χ1) is 29.2. The van der Waals surface area contributed by atoms with Crippen molar-refractivity contribution in [3.63, 3.8) is 0 Å². The lowest BCUT2D eigenvalue weighted by Crippen LogP contribution is -2.49. The highest BCUT2D eigenvalue weighted by Crippen LogP contribution is 2.61. The zero-order chi connectivity index (χ0) is 41.7. The van der Waals surface area contributed by atoms with Gasteiger partial charge in [0.05, 0.1) is 27.4 Å². The molecule has 8 rings (SSSR count). The topological polar surface area (TPSA) is 131 Å². The van der Waals surface area contributed by atoms with E-state index in [9.17, 15) is 14.4 Å². The second-order valence-electron chi connectivity index (χ2n) is 14.9. The van der Waals surface area contributed by atoms with E-state index in [1.54, 1.807) is 32.5 Å². The molecule has 3 aliphatic rings. The maximum Gasteiger partial charge on any atom is 0.330 e. The molecule has 3 aliphatic heterocycles. The van der Waals surface area contributed by atoms with Gasteiger partial charge in [0.2, 0.25) is 5.12 Å². The highest BCUT2D eigenvalue weighted by Gasteiger charge is 2.65. The van der Waals surface area contributed by atoms with Crippen LogP contribution in [0.15, 0.2) is 125 Å². The number of nitrogens with one attached hydrogen (secondary N) is 1. The first-order valence-corrected chi connectivity index (χ1v) is 23.7. The monoisotopic (exact) mass is 869 g/mol. The van der Waals surface area contributed by atoms with Gasteiger partial charge in [-0.3, -0.25) is 23.8 Å². The van der Waals surface area contributed by atoms with Crippen LogP contribution in [0.1, 0.15) is 51.7 Å². The summed E-state index contributed by atoms with van der Waals surface area (Å²) in [5.74, 6) is 2.70. The van der Waals surface area contributed by atoms with E-state index in [0.717, 1.165) is 42.6 Å². The Kier molecular flexibility index (Phi) is 13.3. The maximum absolute atomic E-state index is 13.4. The number of H-pyrrole nitrogens is 1. The van der Waals surface area contributed by atoms with Crippen molar-refractivity contribution in [1.29, 1.82) is 0 Å². The van der Waals surface area contributed by atoms with Gasteiger partial charge in [0, 0.05) is 41.9 Å². The van der Waals surface area contributed by atoms with Crippen molar-refractivity contribution in [1.82, 2.24) is 14.2 Å². The number of hydrogen-bond donors (Lipinski definition) is 1. The molecule has 60 heavy (non-hydrogen) atoms. The third kappa shape index (κ3) is 8.62. The number of hydrogen-bond acceptors (Lipinski definition) is 12. The molecule has 1 N–H and O–H groups in total. The lowest BCUT2D eigenvalue weighted by Gasteiger charge is -2.40. The molecule has 5 atom stereocenters. The third-order valence-corrected chi connectivity index (χ3v) is 16.3. The molecule has 2 bridgehead atoms. The van der Waals surface area contributed by atoms with Gasteiger partial charge in [-0.25, -0.2) is 4.79 Å². The van der Waals surface area contributed by atoms with Crippen LogP contribution >= 0.6 is 30.6 Å². The average Bonchev–Trinajstić information content (AvgIpc) is 4.02. The number of carbonyl (C=O) groups is 1. The summed E-state index contributed by atoms with van der Waals surface area (Å²) >= 11 is 3.01. The van der Waals surface area contributed by atoms with Crippen LogP contribution < -0.4 is 20.7 Å². The lowest BCUT2D eigenvalue weighted by molar-refractivity contribution is -0.203. The molecule has 2 unspecified atom stereocenters. The number of aromatic amines is 1. The minimum atomic E-state index is -1.25. The molecule has 3 saturated heterocycles. The van der Waals surface area contributed by atoms with Crippen LogP contribution in [0, 0.1) is 6.92 Å². The summed E-state index contributed by atoms with van der Waals surface area (Å²) in [7, 11) is 2.02. The molecule has 5 aromatic rings. The Morgan fingerprint density at radius 3 is 2.07 bits per heavy atom. The van der Waals surface area contributed by atoms with E-state index in [-0.39, 0.29) is 18.3 Å². The standard InChI is InChI=1S/C45H48N3O9PS2/c1-31-28-48(43(51)46-40(31)49)41-38-39(57-58(47-24-10-11-25-47)60-27-26-59-42(50)32-12-6-4-7-13-32)44(56-41,29-54-38)30-55-45(33-14-8-5-9-15-33,34-16-20-36(52-2)21-17-34)35-18-22-37(53-3)23-19-35/h4-9,12-23,28,38-39,41H,10-11,24-27,29-30H2,1-3H3,(H,46,49,51)/t38?,39-,41-,44-,58?/m1/s1. The number of methoxy groups -OCH3 is 2. The number of thioether (sulfide) groups is 1. The van der Waals surface area contributed by atoms with Crippen molar-refractivity contribution in [2.24, 2.45) is 0 Å². The molecule has 0 radical (unpaired) electrons. The molecular weight excluding hydrogens is 822 g/mol. The van der Waals surface area contributed by atoms with Gasteiger partial charge in [0.25, 0.3) is 5.56 Å². The van der Waals surface area contributed by atoms with Crippen LogP contribution in [-0.4, -0.2) is 89.2 Å². The summed E-state index contributed by atoms with van der Waals surface area (Å²) < 4.78 is 43.2. The van der Waals surface area contributed by atoms with Gasteiger partial charge in [-0.1, -0.05) is 108 Å². The largest absolute Gasteiger partial charge is 0.497 e. The molecule has 1 aromatic heterocycles. The molecule has 0 saturated carbocycles. The molecule has 0 spiro atoms. The highest BCUT2D eigenvalue weighted by molar-refractivity contribution is 8.53. The number of fused-ring (bicyclic) bond motifs is 2. The van der Waals surface area contributed by atoms with Crippen LogP contribution in [0.5, 0.6) is 11.5 Å². The fourth-order valence-electron chi connectivity index (χ4n) is 8.00. The minimum absolute atomic E-state index is 0.00394. The van der Waals surface area contributed by atoms with Crippen molar-refractivity contribution >= 4 is 35.8 Å². The van der Waals surface area contributed by atoms with Gasteiger partial charge >= 0.3 is 5.69 Å². The molecule has 4 heterocycles. The van der Waals surface area contributed by atoms with E-state index in [1.165, 1.54) is 22.5 Å². The fraction of sp³-hybridized carbons (Fsp3) is 0.356. The van der Waals surface area contributed by atoms with Crippen molar-refractivity contribution in [2.45, 2.75) is 49.4 Å². The summed E-state index contributed by atoms with van der Waals surface area (Å²) in [5.41, 5.74) is 0.207. The van der Waals surface area contributed by atoms with Crippen LogP contribution in [-0.2, 0) is 24.3 Å². The zero-order valence-electron chi connectivity index (χ0n) is 33.7. The molecule has 15 heteroatoms. The molecular formula is C45H48N3O9PS2. The van der Waals surface area contributed by atoms with Crippen LogP contribution in [0.4, 0.5) is 0 Å². The number of aryl methyl sites for hydroxylation is 1. The van der Waals surface area contributed by atoms with Gasteiger partial charge in [0.1, 0.15) is 34.9 Å². The molecule has 314 valence electrons. The normalized spacial score (nSPS) is 21.9. The Morgan fingerprint density at radius 1 is 0.850 bits per heavy atom. The van der Waals surface area contributed by atoms with E-state index in [4.69, 9.17) is 28.2 Å². The quantitative estimate of drug-likeness (QED) is 0.0563. The van der Waals surface area contributed by atoms with Gasteiger partial charge in [-0.05, 0) is 60.7 Å². The fourth-order valence-corrected chi connectivity index (χ4v) is 13.3. The van der Waals surface area contributed by atoms with Gasteiger partial charge in [-0.15, -0.1) is 0 Å². The van der Waals surface area contributed by atoms with Crippen LogP contribution in [0.2, 0.25) is 0 Å². The predicted molar refractivity (Wildman–Crippen MR) is 235 cm³/mol. The number of rotatable bonds is 17. The molecule has 0 aliphatic carbocycles. The highest BCUT2D eigenvalue weighted by atomic mass is 32.7. The smallest absolute Gasteiger partial charge is 0.330 e. The number of nitrogens with zero attached hydrogens (tertiary/aromatic N) is 2. The molecule has 3 fully saturated rings. The SMILES string of the molecule is COc1ccc(C(OC[C@@]23COC([C@H](n4cc(C)c(=O)[nH]c4=O)O2)[C@H]3OP(SCCSC(=O)c2ccccc2)N2CCCC2)(c2ccccc2)c2ccc(OC)cc2)cc1. The van der Waals surface area contributed by atoms with E-state index in [2.05, 4.69) is 9.65 Å². The summed E-state index contributed by atoms with van der Waals surface area (Å²) in [6.07, 6.45) is 1.34. The summed E-state index contributed by atoms with van der Waals surface area (Å²) in [4.78, 5) is 41.3. The van der Waals surface area contributed by atoms with E-state index >= 15 is 0 Å². The van der Waals surface area contributed by atoms with Crippen molar-refractivity contribution in [2.75, 3.05) is 52.0 Å². The van der Waals surface area contributed by atoms with E-state index < -0.39 is 48.4 Å². The van der Waals surface area contributed by atoms with Gasteiger partial charge in [-0.2, -0.15) is 0 Å². The number of ether oxygens (including phenoxy) is 5. The number of aromatic nitrogens is 2. The van der Waals surface area contributed by atoms with E-state index in [0.29, 0.717) is 34.1 Å². The van der Waals surface area contributed by atoms with Crippen molar-refractivity contribution in [3.05, 3.63) is 164 Å². The van der Waals surface area contributed by atoms with Crippen LogP contribution in [0.3, 0.4) is 0 Å². The average molecular weight is 870 g/mol. The minimum Gasteiger partial charge on any atom is -0.497 e. The third-order valence-electron chi connectivity index (χ3n) is 11.1. The van der Waals surface area contributed by atoms with Gasteiger partial charge in [0.15, 0.2) is 13.7 Å². The van der Waals surface area contributed by atoms with E-state index in [1.807, 2.05) is 109 Å². The zero-order valence-corrected chi connectivity index (χ0v) is 36.2. The Hall–Kier alpha value is -4.24. The van der Waals surface area contributed by atoms with Crippen LogP contribution in [0.25, 0.3) is 0 Å². The second-order valence-corrected chi connectivity index (χ2v) is 19.6. The molecule has 12 nitrogen and oxygen atoms in total. The Labute approximate surface area is 358 Å². The number of carbonyl (C=O) groups excluding carboxylic acids is 1. The summed E-state index contributed by atoms with van der Waals surface area (Å²) in [6, 6.07) is 35.0. The second kappa shape index (κ2) is 18.8. The summed E-state index contributed by atoms with van der Waals surface area (Å²) in [5, 5.41) is 0.0365. The predicted octanol–water partition coefficient (Wildman–Crippen LogP) is 7.55. The maximum atomic E-state index is 13.4. The Bertz CT molecular complexity index is 2300. The first-order valence-electron chi connectivity index (χ1n) is 19.9. The van der Waals surface area contributed by atoms with Crippen molar-refractivity contribution < 1.29 is 33.0 Å². The molecule has 0 amide bonds. The Morgan fingerprint density at radius 2 is 1.45 bits per heavy atom. The number of benzene rings is 4. The van der Waals surface area contributed by atoms with Crippen molar-refractivity contribution in [3.8, 4) is 11.5 Å². The van der Waals surface area contributed by atoms with Gasteiger partial charge < -0.3 is 28.2 Å². The Balaban J connectivity index is 1.16.